The van der Waals surface area contributed by atoms with E-state index in [1.165, 1.54) is 74.6 Å². The van der Waals surface area contributed by atoms with E-state index in [1.54, 1.807) is 24.3 Å². The first kappa shape index (κ1) is 23.6. The van der Waals surface area contributed by atoms with Crippen LogP contribution >= 0.6 is 11.8 Å². The molecule has 0 bridgehead atoms. The Labute approximate surface area is 179 Å². The van der Waals surface area contributed by atoms with Crippen LogP contribution in [0, 0.1) is 0 Å². The maximum atomic E-state index is 12.3. The van der Waals surface area contributed by atoms with Crippen LogP contribution in [0.3, 0.4) is 0 Å². The van der Waals surface area contributed by atoms with Crippen molar-refractivity contribution in [1.82, 2.24) is 10.4 Å². The van der Waals surface area contributed by atoms with Gasteiger partial charge in [0.2, 0.25) is 5.91 Å². The van der Waals surface area contributed by atoms with Gasteiger partial charge < -0.3 is 5.11 Å². The normalized spacial score (nSPS) is 16.4. The van der Waals surface area contributed by atoms with E-state index in [0.29, 0.717) is 12.2 Å². The van der Waals surface area contributed by atoms with Crippen LogP contribution in [0.25, 0.3) is 0 Å². The lowest BCUT2D eigenvalue weighted by Crippen LogP contribution is -2.44. The molecule has 0 saturated carbocycles. The Morgan fingerprint density at radius 2 is 1.55 bits per heavy atom. The van der Waals surface area contributed by atoms with Gasteiger partial charge in [0, 0.05) is 6.42 Å². The minimum absolute atomic E-state index is 0.0830. The number of rotatable bonds is 14. The van der Waals surface area contributed by atoms with Crippen LogP contribution < -0.4 is 5.43 Å². The number of amides is 2. The summed E-state index contributed by atoms with van der Waals surface area (Å²) in [7, 11) is 0. The van der Waals surface area contributed by atoms with Crippen LogP contribution in [-0.2, 0) is 9.59 Å². The number of phenolic OH excluding ortho intramolecular Hbond substituents is 1. The second-order valence-corrected chi connectivity index (χ2v) is 8.91. The number of aromatic hydroxyl groups is 1. The summed E-state index contributed by atoms with van der Waals surface area (Å²) in [4.78, 5) is 24.4. The van der Waals surface area contributed by atoms with Gasteiger partial charge in [0.05, 0.1) is 5.75 Å². The molecular formula is C23H36N2O3S. The number of carbonyl (C=O) groups is 2. The van der Waals surface area contributed by atoms with Crippen LogP contribution in [0.5, 0.6) is 5.75 Å². The molecule has 0 aliphatic carbocycles. The molecule has 1 unspecified atom stereocenters. The van der Waals surface area contributed by atoms with E-state index in [0.717, 1.165) is 18.4 Å². The Balaban J connectivity index is 1.58. The standard InChI is InChI=1S/C23H36N2O3S/c1-2-3-4-5-6-7-8-9-10-11-12-13-21(27)24-25-22(28)18-29-23(25)19-14-16-20(26)17-15-19/h14-17,23,26H,2-13,18H2,1H3,(H,24,27). The molecule has 0 spiro atoms. The zero-order chi connectivity index (χ0) is 20.9. The summed E-state index contributed by atoms with van der Waals surface area (Å²) in [6.45, 7) is 2.25. The van der Waals surface area contributed by atoms with E-state index in [2.05, 4.69) is 12.3 Å². The fraction of sp³-hybridized carbons (Fsp3) is 0.652. The Morgan fingerprint density at radius 1 is 1.00 bits per heavy atom. The number of unbranched alkanes of at least 4 members (excludes halogenated alkanes) is 10. The zero-order valence-corrected chi connectivity index (χ0v) is 18.5. The summed E-state index contributed by atoms with van der Waals surface area (Å²) in [5, 5.41) is 10.6. The third-order valence-electron chi connectivity index (χ3n) is 5.30. The SMILES string of the molecule is CCCCCCCCCCCCCC(=O)NN1C(=O)CSC1c1ccc(O)cc1. The van der Waals surface area contributed by atoms with Crippen molar-refractivity contribution in [2.45, 2.75) is 89.3 Å². The van der Waals surface area contributed by atoms with Gasteiger partial charge in [-0.3, -0.25) is 15.0 Å². The van der Waals surface area contributed by atoms with Crippen molar-refractivity contribution >= 4 is 23.6 Å². The molecule has 162 valence electrons. The van der Waals surface area contributed by atoms with Crippen molar-refractivity contribution in [3.8, 4) is 5.75 Å². The van der Waals surface area contributed by atoms with Crippen LogP contribution in [0.4, 0.5) is 0 Å². The van der Waals surface area contributed by atoms with Gasteiger partial charge in [-0.15, -0.1) is 11.8 Å². The van der Waals surface area contributed by atoms with Gasteiger partial charge in [-0.1, -0.05) is 83.3 Å². The van der Waals surface area contributed by atoms with E-state index in [1.807, 2.05) is 0 Å². The third-order valence-corrected chi connectivity index (χ3v) is 6.51. The Hall–Kier alpha value is -1.69. The van der Waals surface area contributed by atoms with Crippen molar-refractivity contribution in [3.05, 3.63) is 29.8 Å². The second kappa shape index (κ2) is 13.5. The Bertz CT molecular complexity index is 621. The molecule has 1 atom stereocenters. The van der Waals surface area contributed by atoms with Crippen molar-refractivity contribution in [2.75, 3.05) is 5.75 Å². The topological polar surface area (TPSA) is 69.6 Å². The summed E-state index contributed by atoms with van der Waals surface area (Å²) < 4.78 is 0. The minimum atomic E-state index is -0.232. The van der Waals surface area contributed by atoms with Gasteiger partial charge >= 0.3 is 0 Å². The molecule has 5 nitrogen and oxygen atoms in total. The molecule has 2 amide bonds. The average molecular weight is 421 g/mol. The molecule has 1 aromatic carbocycles. The van der Waals surface area contributed by atoms with Crippen molar-refractivity contribution in [1.29, 1.82) is 0 Å². The lowest BCUT2D eigenvalue weighted by molar-refractivity contribution is -0.139. The van der Waals surface area contributed by atoms with Gasteiger partial charge in [-0.05, 0) is 24.1 Å². The number of nitrogens with zero attached hydrogens (tertiary/aromatic N) is 1. The Kier molecular flexibility index (Phi) is 11.0. The number of carbonyl (C=O) groups excluding carboxylic acids is 2. The second-order valence-electron chi connectivity index (χ2n) is 7.84. The molecule has 2 N–H and O–H groups in total. The average Bonchev–Trinajstić information content (AvgIpc) is 3.07. The summed E-state index contributed by atoms with van der Waals surface area (Å²) in [5.74, 6) is 0.362. The molecule has 29 heavy (non-hydrogen) atoms. The van der Waals surface area contributed by atoms with Gasteiger partial charge in [0.15, 0.2) is 0 Å². The van der Waals surface area contributed by atoms with E-state index in [4.69, 9.17) is 0 Å². The Morgan fingerprint density at radius 3 is 2.14 bits per heavy atom. The molecule has 0 aromatic heterocycles. The van der Waals surface area contributed by atoms with E-state index in [9.17, 15) is 14.7 Å². The highest BCUT2D eigenvalue weighted by molar-refractivity contribution is 8.00. The lowest BCUT2D eigenvalue weighted by atomic mass is 10.1. The number of hydrogen-bond acceptors (Lipinski definition) is 4. The van der Waals surface area contributed by atoms with Crippen LogP contribution in [0.2, 0.25) is 0 Å². The van der Waals surface area contributed by atoms with Crippen molar-refractivity contribution in [2.24, 2.45) is 0 Å². The molecule has 1 fully saturated rings. The summed E-state index contributed by atoms with van der Waals surface area (Å²) in [5.41, 5.74) is 3.69. The molecule has 1 aliphatic rings. The minimum Gasteiger partial charge on any atom is -0.508 e. The molecular weight excluding hydrogens is 384 g/mol. The summed E-state index contributed by atoms with van der Waals surface area (Å²) >= 11 is 1.49. The fourth-order valence-corrected chi connectivity index (χ4v) is 4.68. The van der Waals surface area contributed by atoms with Crippen LogP contribution in [0.1, 0.15) is 94.9 Å². The summed E-state index contributed by atoms with van der Waals surface area (Å²) in [6.07, 6.45) is 14.2. The van der Waals surface area contributed by atoms with E-state index in [-0.39, 0.29) is 22.9 Å². The van der Waals surface area contributed by atoms with Crippen molar-refractivity contribution < 1.29 is 14.7 Å². The summed E-state index contributed by atoms with van der Waals surface area (Å²) in [6, 6.07) is 6.77. The number of nitrogens with one attached hydrogen (secondary N) is 1. The highest BCUT2D eigenvalue weighted by Crippen LogP contribution is 2.37. The molecule has 2 rings (SSSR count). The molecule has 0 radical (unpaired) electrons. The number of phenols is 1. The fourth-order valence-electron chi connectivity index (χ4n) is 3.57. The number of thioether (sulfide) groups is 1. The lowest BCUT2D eigenvalue weighted by Gasteiger charge is -2.24. The number of benzene rings is 1. The monoisotopic (exact) mass is 420 g/mol. The third kappa shape index (κ3) is 8.69. The molecule has 1 aromatic rings. The smallest absolute Gasteiger partial charge is 0.252 e. The largest absolute Gasteiger partial charge is 0.508 e. The first-order valence-corrected chi connectivity index (χ1v) is 12.2. The molecule has 1 heterocycles. The maximum absolute atomic E-state index is 12.3. The van der Waals surface area contributed by atoms with Gasteiger partial charge in [-0.25, -0.2) is 5.01 Å². The molecule has 6 heteroatoms. The molecule has 1 saturated heterocycles. The van der Waals surface area contributed by atoms with Gasteiger partial charge in [0.1, 0.15) is 11.1 Å². The predicted octanol–water partition coefficient (Wildman–Crippen LogP) is 5.70. The number of hydrazine groups is 1. The maximum Gasteiger partial charge on any atom is 0.252 e. The van der Waals surface area contributed by atoms with Crippen LogP contribution in [-0.4, -0.2) is 27.7 Å². The van der Waals surface area contributed by atoms with Crippen LogP contribution in [0.15, 0.2) is 24.3 Å². The highest BCUT2D eigenvalue weighted by atomic mass is 32.2. The van der Waals surface area contributed by atoms with Gasteiger partial charge in [-0.2, -0.15) is 0 Å². The predicted molar refractivity (Wildman–Crippen MR) is 119 cm³/mol. The van der Waals surface area contributed by atoms with E-state index >= 15 is 0 Å². The highest BCUT2D eigenvalue weighted by Gasteiger charge is 2.34. The first-order chi connectivity index (χ1) is 14.1. The number of hydrogen-bond donors (Lipinski definition) is 2. The van der Waals surface area contributed by atoms with Crippen molar-refractivity contribution in [3.63, 3.8) is 0 Å². The molecule has 1 aliphatic heterocycles. The quantitative estimate of drug-likeness (QED) is 0.379. The van der Waals surface area contributed by atoms with E-state index < -0.39 is 0 Å². The zero-order valence-electron chi connectivity index (χ0n) is 17.7. The first-order valence-electron chi connectivity index (χ1n) is 11.1. The van der Waals surface area contributed by atoms with Gasteiger partial charge in [0.25, 0.3) is 5.91 Å².